The Morgan fingerprint density at radius 2 is 1.93 bits per heavy atom. The van der Waals surface area contributed by atoms with E-state index in [1.165, 1.54) is 17.8 Å². The highest BCUT2D eigenvalue weighted by Crippen LogP contribution is 2.22. The van der Waals surface area contributed by atoms with Crippen LogP contribution in [0.1, 0.15) is 16.8 Å². The number of carboxylic acid groups (broad SMARTS) is 1. The summed E-state index contributed by atoms with van der Waals surface area (Å²) in [6, 6.07) is 14.2. The molecule has 144 valence electrons. The molecule has 0 saturated heterocycles. The van der Waals surface area contributed by atoms with E-state index in [9.17, 15) is 19.5 Å². The van der Waals surface area contributed by atoms with Crippen molar-refractivity contribution in [1.82, 2.24) is 5.32 Å². The second kappa shape index (κ2) is 8.75. The fraction of sp³-hybridized carbons (Fsp3) is 0.190. The van der Waals surface area contributed by atoms with Crippen LogP contribution in [0.4, 0.5) is 0 Å². The van der Waals surface area contributed by atoms with Crippen LogP contribution in [0.3, 0.4) is 0 Å². The molecule has 0 saturated carbocycles. The number of carboxylic acids is 1. The van der Waals surface area contributed by atoms with E-state index in [1.807, 2.05) is 18.4 Å². The molecule has 0 aliphatic carbocycles. The number of carbonyl (C=O) groups excluding carboxylic acids is 2. The summed E-state index contributed by atoms with van der Waals surface area (Å²) in [6.07, 6.45) is 2.12. The van der Waals surface area contributed by atoms with Gasteiger partial charge in [0.25, 0.3) is 5.91 Å². The molecule has 2 aromatic carbocycles. The first-order valence-electron chi connectivity index (χ1n) is 8.63. The van der Waals surface area contributed by atoms with Crippen LogP contribution in [0.2, 0.25) is 0 Å². The van der Waals surface area contributed by atoms with Gasteiger partial charge in [-0.05, 0) is 48.3 Å². The Hall–Kier alpha value is -3.06. The summed E-state index contributed by atoms with van der Waals surface area (Å²) >= 11 is 1.48. The lowest BCUT2D eigenvalue weighted by Crippen LogP contribution is -2.48. The Labute approximate surface area is 165 Å². The molecule has 1 aromatic heterocycles. The zero-order chi connectivity index (χ0) is 20.1. The SMILES string of the molecule is CSCC[C@H](NC(=O)c1cccc(-c2cc3ccccc3oc2=O)c1)C(=O)[O-]. The molecule has 0 bridgehead atoms. The summed E-state index contributed by atoms with van der Waals surface area (Å²) in [4.78, 5) is 36.1. The van der Waals surface area contributed by atoms with Gasteiger partial charge in [0, 0.05) is 10.9 Å². The number of hydrogen-bond donors (Lipinski definition) is 1. The third-order valence-electron chi connectivity index (χ3n) is 4.28. The van der Waals surface area contributed by atoms with Crippen molar-refractivity contribution in [2.45, 2.75) is 12.5 Å². The number of benzene rings is 2. The largest absolute Gasteiger partial charge is 0.548 e. The normalized spacial score (nSPS) is 11.9. The lowest BCUT2D eigenvalue weighted by atomic mass is 10.0. The van der Waals surface area contributed by atoms with E-state index in [-0.39, 0.29) is 12.0 Å². The summed E-state index contributed by atoms with van der Waals surface area (Å²) in [7, 11) is 0. The molecule has 1 N–H and O–H groups in total. The molecule has 0 radical (unpaired) electrons. The Kier molecular flexibility index (Phi) is 6.16. The minimum absolute atomic E-state index is 0.250. The molecule has 0 unspecified atom stereocenters. The highest BCUT2D eigenvalue weighted by Gasteiger charge is 2.16. The Balaban J connectivity index is 1.90. The van der Waals surface area contributed by atoms with Gasteiger partial charge in [0.15, 0.2) is 0 Å². The van der Waals surface area contributed by atoms with Gasteiger partial charge in [0.05, 0.1) is 17.6 Å². The highest BCUT2D eigenvalue weighted by molar-refractivity contribution is 7.98. The first-order valence-corrected chi connectivity index (χ1v) is 10.0. The number of para-hydroxylation sites is 1. The number of rotatable bonds is 7. The van der Waals surface area contributed by atoms with Gasteiger partial charge < -0.3 is 19.6 Å². The van der Waals surface area contributed by atoms with Crippen molar-refractivity contribution in [2.75, 3.05) is 12.0 Å². The van der Waals surface area contributed by atoms with Crippen LogP contribution in [0.15, 0.2) is 63.8 Å². The highest BCUT2D eigenvalue weighted by atomic mass is 32.2. The maximum absolute atomic E-state index is 12.5. The van der Waals surface area contributed by atoms with E-state index in [0.717, 1.165) is 5.39 Å². The Bertz CT molecular complexity index is 1080. The predicted octanol–water partition coefficient (Wildman–Crippen LogP) is 2.06. The molecule has 1 heterocycles. The van der Waals surface area contributed by atoms with Crippen LogP contribution < -0.4 is 16.0 Å². The maximum Gasteiger partial charge on any atom is 0.344 e. The molecule has 1 atom stereocenters. The third kappa shape index (κ3) is 4.43. The monoisotopic (exact) mass is 396 g/mol. The average Bonchev–Trinajstić information content (AvgIpc) is 2.70. The molecule has 3 aromatic rings. The first-order chi connectivity index (χ1) is 13.5. The molecule has 1 amide bonds. The maximum atomic E-state index is 12.5. The number of nitrogens with one attached hydrogen (secondary N) is 1. The lowest BCUT2D eigenvalue weighted by molar-refractivity contribution is -0.308. The van der Waals surface area contributed by atoms with Crippen LogP contribution in [0.25, 0.3) is 22.1 Å². The fourth-order valence-corrected chi connectivity index (χ4v) is 3.29. The van der Waals surface area contributed by atoms with Crippen LogP contribution in [-0.2, 0) is 4.79 Å². The number of fused-ring (bicyclic) bond motifs is 1. The number of hydrogen-bond acceptors (Lipinski definition) is 6. The zero-order valence-electron chi connectivity index (χ0n) is 15.1. The average molecular weight is 396 g/mol. The number of amides is 1. The van der Waals surface area contributed by atoms with E-state index in [1.54, 1.807) is 36.4 Å². The van der Waals surface area contributed by atoms with Gasteiger partial charge >= 0.3 is 5.63 Å². The zero-order valence-corrected chi connectivity index (χ0v) is 16.0. The van der Waals surface area contributed by atoms with Crippen molar-refractivity contribution in [3.05, 3.63) is 70.6 Å². The van der Waals surface area contributed by atoms with E-state index in [2.05, 4.69) is 5.32 Å². The third-order valence-corrected chi connectivity index (χ3v) is 4.92. The molecule has 0 aliphatic heterocycles. The molecule has 0 aliphatic rings. The topological polar surface area (TPSA) is 99.4 Å². The van der Waals surface area contributed by atoms with Crippen molar-refractivity contribution < 1.29 is 19.1 Å². The lowest BCUT2D eigenvalue weighted by Gasteiger charge is -2.19. The summed E-state index contributed by atoms with van der Waals surface area (Å²) in [5.41, 5.74) is 1.06. The van der Waals surface area contributed by atoms with Crippen molar-refractivity contribution >= 4 is 34.6 Å². The van der Waals surface area contributed by atoms with E-state index in [0.29, 0.717) is 22.5 Å². The van der Waals surface area contributed by atoms with Crippen LogP contribution in [0.5, 0.6) is 0 Å². The molecule has 0 spiro atoms. The first kappa shape index (κ1) is 19.7. The van der Waals surface area contributed by atoms with Crippen LogP contribution in [-0.4, -0.2) is 29.9 Å². The van der Waals surface area contributed by atoms with Gasteiger partial charge in [0.2, 0.25) is 0 Å². The number of aliphatic carboxylic acids is 1. The standard InChI is InChI=1S/C21H19NO5S/c1-28-10-9-17(20(24)25)22-19(23)15-7-4-6-13(11-15)16-12-14-5-2-3-8-18(14)27-21(16)26/h2-8,11-12,17H,9-10H2,1H3,(H,22,23)(H,24,25)/p-1/t17-/m0/s1. The molecule has 28 heavy (non-hydrogen) atoms. The fourth-order valence-electron chi connectivity index (χ4n) is 2.82. The molecular weight excluding hydrogens is 378 g/mol. The quantitative estimate of drug-likeness (QED) is 0.614. The number of carbonyl (C=O) groups is 2. The second-order valence-corrected chi connectivity index (χ2v) is 7.18. The summed E-state index contributed by atoms with van der Waals surface area (Å²) < 4.78 is 5.34. The van der Waals surface area contributed by atoms with Crippen molar-refractivity contribution in [3.8, 4) is 11.1 Å². The van der Waals surface area contributed by atoms with Crippen molar-refractivity contribution in [2.24, 2.45) is 0 Å². The van der Waals surface area contributed by atoms with Gasteiger partial charge in [-0.2, -0.15) is 11.8 Å². The minimum atomic E-state index is -1.33. The second-order valence-electron chi connectivity index (χ2n) is 6.19. The number of thioether (sulfide) groups is 1. The molecular formula is C21H18NO5S-. The summed E-state index contributed by atoms with van der Waals surface area (Å²) in [5.74, 6) is -1.28. The van der Waals surface area contributed by atoms with E-state index in [4.69, 9.17) is 4.42 Å². The van der Waals surface area contributed by atoms with Gasteiger partial charge in [-0.1, -0.05) is 30.3 Å². The molecule has 7 heteroatoms. The van der Waals surface area contributed by atoms with Crippen LogP contribution in [0, 0.1) is 0 Å². The summed E-state index contributed by atoms with van der Waals surface area (Å²) in [5, 5.41) is 14.5. The van der Waals surface area contributed by atoms with Gasteiger partial charge in [-0.15, -0.1) is 0 Å². The molecule has 0 fully saturated rings. The van der Waals surface area contributed by atoms with E-state index >= 15 is 0 Å². The molecule has 3 rings (SSSR count). The predicted molar refractivity (Wildman–Crippen MR) is 107 cm³/mol. The Morgan fingerprint density at radius 1 is 1.14 bits per heavy atom. The summed E-state index contributed by atoms with van der Waals surface area (Å²) in [6.45, 7) is 0. The van der Waals surface area contributed by atoms with Gasteiger partial charge in [0.1, 0.15) is 5.58 Å². The van der Waals surface area contributed by atoms with Crippen molar-refractivity contribution in [1.29, 1.82) is 0 Å². The smallest absolute Gasteiger partial charge is 0.344 e. The molecule has 6 nitrogen and oxygen atoms in total. The Morgan fingerprint density at radius 3 is 2.68 bits per heavy atom. The van der Waals surface area contributed by atoms with Gasteiger partial charge in [-0.3, -0.25) is 4.79 Å². The van der Waals surface area contributed by atoms with Crippen molar-refractivity contribution in [3.63, 3.8) is 0 Å². The van der Waals surface area contributed by atoms with Gasteiger partial charge in [-0.25, -0.2) is 4.79 Å². The van der Waals surface area contributed by atoms with E-state index < -0.39 is 23.5 Å². The minimum Gasteiger partial charge on any atom is -0.548 e. The van der Waals surface area contributed by atoms with Crippen LogP contribution >= 0.6 is 11.8 Å².